The molecule has 3 aromatic rings. The van der Waals surface area contributed by atoms with Crippen LogP contribution in [0.25, 0.3) is 16.9 Å². The number of hydrogen-bond acceptors (Lipinski definition) is 6. The van der Waals surface area contributed by atoms with Gasteiger partial charge in [-0.1, -0.05) is 30.3 Å². The standard InChI is InChI=1S/C15H11N5O4/c16-15-9-12(10-4-2-1-3-5-10)17-18(15)13-7-6-11(19(21)22)8-14(13)20(23)24/h1-9H,16H2. The third kappa shape index (κ3) is 2.65. The summed E-state index contributed by atoms with van der Waals surface area (Å²) in [6.45, 7) is 0. The number of rotatable bonds is 4. The van der Waals surface area contributed by atoms with Gasteiger partial charge in [0.25, 0.3) is 5.69 Å². The van der Waals surface area contributed by atoms with Crippen molar-refractivity contribution in [2.24, 2.45) is 0 Å². The Morgan fingerprint density at radius 3 is 2.29 bits per heavy atom. The quantitative estimate of drug-likeness (QED) is 0.579. The second-order valence-corrected chi connectivity index (χ2v) is 4.92. The zero-order chi connectivity index (χ0) is 17.3. The summed E-state index contributed by atoms with van der Waals surface area (Å²) in [5.74, 6) is 0.186. The fourth-order valence-electron chi connectivity index (χ4n) is 2.29. The van der Waals surface area contributed by atoms with Crippen molar-refractivity contribution in [1.29, 1.82) is 0 Å². The molecule has 0 aliphatic rings. The van der Waals surface area contributed by atoms with Gasteiger partial charge in [0.2, 0.25) is 0 Å². The summed E-state index contributed by atoms with van der Waals surface area (Å²) < 4.78 is 1.20. The van der Waals surface area contributed by atoms with Crippen molar-refractivity contribution < 1.29 is 9.85 Å². The first-order valence-electron chi connectivity index (χ1n) is 6.81. The Kier molecular flexibility index (Phi) is 3.66. The summed E-state index contributed by atoms with van der Waals surface area (Å²) in [6, 6.07) is 14.1. The summed E-state index contributed by atoms with van der Waals surface area (Å²) >= 11 is 0. The Morgan fingerprint density at radius 1 is 0.958 bits per heavy atom. The van der Waals surface area contributed by atoms with E-state index in [1.807, 2.05) is 30.3 Å². The van der Waals surface area contributed by atoms with Gasteiger partial charge in [-0.2, -0.15) is 5.10 Å². The summed E-state index contributed by atoms with van der Waals surface area (Å²) in [7, 11) is 0. The molecule has 0 bridgehead atoms. The van der Waals surface area contributed by atoms with Gasteiger partial charge in [0.15, 0.2) is 0 Å². The van der Waals surface area contributed by atoms with E-state index in [1.54, 1.807) is 6.07 Å². The van der Waals surface area contributed by atoms with E-state index in [1.165, 1.54) is 16.8 Å². The highest BCUT2D eigenvalue weighted by Crippen LogP contribution is 2.30. The number of hydrogen-bond donors (Lipinski definition) is 1. The van der Waals surface area contributed by atoms with Crippen LogP contribution in [0.1, 0.15) is 0 Å². The zero-order valence-corrected chi connectivity index (χ0v) is 12.2. The number of benzene rings is 2. The molecule has 1 heterocycles. The van der Waals surface area contributed by atoms with Crippen molar-refractivity contribution >= 4 is 17.2 Å². The number of nitro groups is 2. The Bertz CT molecular complexity index is 936. The molecule has 2 aromatic carbocycles. The van der Waals surface area contributed by atoms with E-state index in [0.29, 0.717) is 5.69 Å². The van der Waals surface area contributed by atoms with E-state index in [-0.39, 0.29) is 17.2 Å². The normalized spacial score (nSPS) is 10.5. The number of aromatic nitrogens is 2. The van der Waals surface area contributed by atoms with E-state index in [9.17, 15) is 20.2 Å². The lowest BCUT2D eigenvalue weighted by Crippen LogP contribution is -2.05. The van der Waals surface area contributed by atoms with Gasteiger partial charge >= 0.3 is 5.69 Å². The largest absolute Gasteiger partial charge is 0.384 e. The van der Waals surface area contributed by atoms with Gasteiger partial charge < -0.3 is 5.73 Å². The molecule has 2 N–H and O–H groups in total. The Balaban J connectivity index is 2.14. The molecular weight excluding hydrogens is 314 g/mol. The molecular formula is C15H11N5O4. The smallest absolute Gasteiger partial charge is 0.301 e. The maximum Gasteiger partial charge on any atom is 0.301 e. The third-order valence-electron chi connectivity index (χ3n) is 3.40. The third-order valence-corrected chi connectivity index (χ3v) is 3.40. The van der Waals surface area contributed by atoms with Crippen LogP contribution in [-0.2, 0) is 0 Å². The Morgan fingerprint density at radius 2 is 1.67 bits per heavy atom. The second kappa shape index (κ2) is 5.80. The molecule has 0 radical (unpaired) electrons. The average molecular weight is 325 g/mol. The number of nitro benzene ring substituents is 2. The van der Waals surface area contributed by atoms with Crippen LogP contribution >= 0.6 is 0 Å². The zero-order valence-electron chi connectivity index (χ0n) is 12.2. The maximum absolute atomic E-state index is 11.3. The summed E-state index contributed by atoms with van der Waals surface area (Å²) in [4.78, 5) is 20.7. The minimum absolute atomic E-state index is 0.0604. The van der Waals surface area contributed by atoms with Crippen molar-refractivity contribution in [2.75, 3.05) is 5.73 Å². The topological polar surface area (TPSA) is 130 Å². The molecule has 0 amide bonds. The molecule has 0 spiro atoms. The molecule has 0 saturated heterocycles. The lowest BCUT2D eigenvalue weighted by molar-refractivity contribution is -0.394. The van der Waals surface area contributed by atoms with Crippen LogP contribution in [0.3, 0.4) is 0 Å². The fraction of sp³-hybridized carbons (Fsp3) is 0. The number of non-ortho nitro benzene ring substituents is 1. The molecule has 9 heteroatoms. The average Bonchev–Trinajstić information content (AvgIpc) is 2.96. The fourth-order valence-corrected chi connectivity index (χ4v) is 2.29. The van der Waals surface area contributed by atoms with Gasteiger partial charge in [0.1, 0.15) is 11.5 Å². The molecule has 24 heavy (non-hydrogen) atoms. The predicted octanol–water partition coefficient (Wildman–Crippen LogP) is 2.94. The molecule has 120 valence electrons. The van der Waals surface area contributed by atoms with Crippen LogP contribution < -0.4 is 5.73 Å². The van der Waals surface area contributed by atoms with Crippen molar-refractivity contribution in [3.05, 3.63) is 74.8 Å². The van der Waals surface area contributed by atoms with Crippen LogP contribution in [0.2, 0.25) is 0 Å². The predicted molar refractivity (Wildman–Crippen MR) is 86.7 cm³/mol. The Hall–Kier alpha value is -3.75. The second-order valence-electron chi connectivity index (χ2n) is 4.92. The van der Waals surface area contributed by atoms with E-state index < -0.39 is 15.5 Å². The molecule has 0 saturated carbocycles. The monoisotopic (exact) mass is 325 g/mol. The van der Waals surface area contributed by atoms with Crippen LogP contribution in [0.4, 0.5) is 17.2 Å². The minimum Gasteiger partial charge on any atom is -0.384 e. The highest BCUT2D eigenvalue weighted by molar-refractivity contribution is 5.66. The maximum atomic E-state index is 11.3. The first-order chi connectivity index (χ1) is 11.5. The Labute approximate surface area is 135 Å². The van der Waals surface area contributed by atoms with Crippen LogP contribution in [0.5, 0.6) is 0 Å². The first kappa shape index (κ1) is 15.2. The molecule has 1 aromatic heterocycles. The molecule has 0 unspecified atom stereocenters. The molecule has 0 aliphatic heterocycles. The highest BCUT2D eigenvalue weighted by Gasteiger charge is 2.23. The van der Waals surface area contributed by atoms with Gasteiger partial charge in [-0.25, -0.2) is 4.68 Å². The van der Waals surface area contributed by atoms with Gasteiger partial charge in [-0.15, -0.1) is 0 Å². The van der Waals surface area contributed by atoms with Gasteiger partial charge in [0, 0.05) is 17.7 Å². The van der Waals surface area contributed by atoms with Crippen molar-refractivity contribution in [3.63, 3.8) is 0 Å². The molecule has 0 aliphatic carbocycles. The summed E-state index contributed by atoms with van der Waals surface area (Å²) in [5.41, 5.74) is 6.50. The SMILES string of the molecule is Nc1cc(-c2ccccc2)nn1-c1ccc([N+](=O)[O-])cc1[N+](=O)[O-]. The van der Waals surface area contributed by atoms with E-state index in [0.717, 1.165) is 11.6 Å². The minimum atomic E-state index is -0.703. The molecule has 0 fully saturated rings. The molecule has 0 atom stereocenters. The number of nitrogen functional groups attached to an aromatic ring is 1. The van der Waals surface area contributed by atoms with Crippen LogP contribution in [-0.4, -0.2) is 19.6 Å². The van der Waals surface area contributed by atoms with Gasteiger partial charge in [-0.05, 0) is 6.07 Å². The summed E-state index contributed by atoms with van der Waals surface area (Å²) in [6.07, 6.45) is 0. The van der Waals surface area contributed by atoms with Gasteiger partial charge in [-0.3, -0.25) is 20.2 Å². The lowest BCUT2D eigenvalue weighted by atomic mass is 10.2. The lowest BCUT2D eigenvalue weighted by Gasteiger charge is -2.05. The van der Waals surface area contributed by atoms with Crippen molar-refractivity contribution in [1.82, 2.24) is 9.78 Å². The first-order valence-corrected chi connectivity index (χ1v) is 6.81. The van der Waals surface area contributed by atoms with E-state index in [2.05, 4.69) is 5.10 Å². The van der Waals surface area contributed by atoms with Crippen LogP contribution in [0.15, 0.2) is 54.6 Å². The molecule has 9 nitrogen and oxygen atoms in total. The number of nitrogens with two attached hydrogens (primary N) is 1. The van der Waals surface area contributed by atoms with E-state index >= 15 is 0 Å². The van der Waals surface area contributed by atoms with E-state index in [4.69, 9.17) is 5.73 Å². The highest BCUT2D eigenvalue weighted by atomic mass is 16.6. The van der Waals surface area contributed by atoms with Crippen LogP contribution in [0, 0.1) is 20.2 Å². The molecule has 3 rings (SSSR count). The van der Waals surface area contributed by atoms with Gasteiger partial charge in [0.05, 0.1) is 21.6 Å². The number of anilines is 1. The summed E-state index contributed by atoms with van der Waals surface area (Å²) in [5, 5.41) is 26.4. The van der Waals surface area contributed by atoms with Crippen molar-refractivity contribution in [2.45, 2.75) is 0 Å². The van der Waals surface area contributed by atoms with Crippen molar-refractivity contribution in [3.8, 4) is 16.9 Å². The number of nitrogens with zero attached hydrogens (tertiary/aromatic N) is 4.